The summed E-state index contributed by atoms with van der Waals surface area (Å²) in [5.74, 6) is -0.528. The number of hydrogen-bond donors (Lipinski definition) is 0. The Labute approximate surface area is 132 Å². The maximum absolute atomic E-state index is 5.91. The minimum atomic E-state index is -0.837. The molecule has 0 saturated heterocycles. The second-order valence-corrected chi connectivity index (χ2v) is 5.56. The van der Waals surface area contributed by atoms with Gasteiger partial charge in [-0.05, 0) is 33.6 Å². The van der Waals surface area contributed by atoms with E-state index in [0.29, 0.717) is 25.7 Å². The molecule has 0 heterocycles. The summed E-state index contributed by atoms with van der Waals surface area (Å²) < 4.78 is 17.7. The summed E-state index contributed by atoms with van der Waals surface area (Å²) in [5, 5.41) is 0. The molecule has 21 heavy (non-hydrogen) atoms. The van der Waals surface area contributed by atoms with E-state index in [0.717, 1.165) is 12.8 Å². The van der Waals surface area contributed by atoms with E-state index < -0.39 is 5.97 Å². The largest absolute Gasteiger partial charge is 0.328 e. The molecule has 0 aromatic heterocycles. The first-order chi connectivity index (χ1) is 10.2. The Balaban J connectivity index is 4.43. The smallest absolute Gasteiger partial charge is 0.285 e. The maximum atomic E-state index is 5.91. The molecule has 1 unspecified atom stereocenters. The van der Waals surface area contributed by atoms with Gasteiger partial charge in [0, 0.05) is 25.7 Å². The van der Waals surface area contributed by atoms with Gasteiger partial charge in [0.1, 0.15) is 0 Å². The van der Waals surface area contributed by atoms with Gasteiger partial charge in [-0.25, -0.2) is 0 Å². The third-order valence-corrected chi connectivity index (χ3v) is 3.94. The number of hydrogen-bond acceptors (Lipinski definition) is 3. The summed E-state index contributed by atoms with van der Waals surface area (Å²) >= 11 is 0. The van der Waals surface area contributed by atoms with E-state index >= 15 is 0 Å². The van der Waals surface area contributed by atoms with Crippen molar-refractivity contribution in [1.82, 2.24) is 0 Å². The van der Waals surface area contributed by atoms with Crippen molar-refractivity contribution in [1.29, 1.82) is 0 Å². The van der Waals surface area contributed by atoms with Crippen molar-refractivity contribution in [2.75, 3.05) is 19.8 Å². The first-order valence-corrected chi connectivity index (χ1v) is 9.12. The number of rotatable bonds is 15. The predicted molar refractivity (Wildman–Crippen MR) is 89.4 cm³/mol. The first kappa shape index (κ1) is 20.9. The molecule has 0 fully saturated rings. The lowest BCUT2D eigenvalue weighted by molar-refractivity contribution is -0.402. The van der Waals surface area contributed by atoms with Gasteiger partial charge in [0.2, 0.25) is 0 Å². The molecule has 0 bridgehead atoms. The van der Waals surface area contributed by atoms with Crippen LogP contribution >= 0.6 is 0 Å². The highest BCUT2D eigenvalue weighted by atomic mass is 16.9. The van der Waals surface area contributed by atoms with Crippen molar-refractivity contribution in [2.45, 2.75) is 92.0 Å². The van der Waals surface area contributed by atoms with Crippen LogP contribution < -0.4 is 0 Å². The van der Waals surface area contributed by atoms with Crippen LogP contribution in [-0.2, 0) is 14.2 Å². The van der Waals surface area contributed by atoms with E-state index in [2.05, 4.69) is 13.8 Å². The fourth-order valence-electron chi connectivity index (χ4n) is 2.88. The average Bonchev–Trinajstić information content (AvgIpc) is 2.47. The fourth-order valence-corrected chi connectivity index (χ4v) is 2.88. The number of ether oxygens (including phenoxy) is 3. The molecule has 0 amide bonds. The topological polar surface area (TPSA) is 27.7 Å². The summed E-state index contributed by atoms with van der Waals surface area (Å²) in [6.07, 6.45) is 10.0. The second kappa shape index (κ2) is 13.5. The Morgan fingerprint density at radius 1 is 0.667 bits per heavy atom. The van der Waals surface area contributed by atoms with Gasteiger partial charge in [0.15, 0.2) is 0 Å². The Morgan fingerprint density at radius 2 is 1.14 bits per heavy atom. The molecule has 0 N–H and O–H groups in total. The Bertz CT molecular complexity index is 201. The highest BCUT2D eigenvalue weighted by Gasteiger charge is 2.40. The summed E-state index contributed by atoms with van der Waals surface area (Å²) in [4.78, 5) is 0. The highest BCUT2D eigenvalue weighted by molar-refractivity contribution is 4.71. The Hall–Kier alpha value is -0.120. The zero-order valence-electron chi connectivity index (χ0n) is 15.1. The van der Waals surface area contributed by atoms with Gasteiger partial charge in [-0.2, -0.15) is 0 Å². The Morgan fingerprint density at radius 3 is 1.57 bits per heavy atom. The van der Waals surface area contributed by atoms with Crippen LogP contribution in [0.5, 0.6) is 0 Å². The molecular formula is C18H38O3. The lowest BCUT2D eigenvalue weighted by Crippen LogP contribution is -2.46. The number of unbranched alkanes of at least 4 members (excludes halogenated alkanes) is 5. The SMILES string of the molecule is CCCCCCCCC(CC)C(OCC)(OCC)OCC. The Kier molecular flexibility index (Phi) is 13.5. The van der Waals surface area contributed by atoms with Crippen LogP contribution in [0.4, 0.5) is 0 Å². The quantitative estimate of drug-likeness (QED) is 0.294. The molecule has 0 aliphatic rings. The van der Waals surface area contributed by atoms with Crippen LogP contribution in [0.3, 0.4) is 0 Å². The van der Waals surface area contributed by atoms with Crippen LogP contribution in [0.1, 0.15) is 86.0 Å². The summed E-state index contributed by atoms with van der Waals surface area (Å²) in [6, 6.07) is 0. The van der Waals surface area contributed by atoms with Crippen molar-refractivity contribution in [3.63, 3.8) is 0 Å². The van der Waals surface area contributed by atoms with E-state index in [1.165, 1.54) is 38.5 Å². The van der Waals surface area contributed by atoms with Gasteiger partial charge in [-0.3, -0.25) is 0 Å². The zero-order valence-corrected chi connectivity index (χ0v) is 15.1. The van der Waals surface area contributed by atoms with Crippen LogP contribution in [0.25, 0.3) is 0 Å². The molecule has 0 aliphatic heterocycles. The first-order valence-electron chi connectivity index (χ1n) is 9.12. The average molecular weight is 302 g/mol. The molecular weight excluding hydrogens is 264 g/mol. The van der Waals surface area contributed by atoms with Crippen LogP contribution in [0.15, 0.2) is 0 Å². The molecule has 3 heteroatoms. The van der Waals surface area contributed by atoms with Gasteiger partial charge in [0.25, 0.3) is 5.97 Å². The zero-order chi connectivity index (χ0) is 16.0. The van der Waals surface area contributed by atoms with Crippen molar-refractivity contribution >= 4 is 0 Å². The minimum Gasteiger partial charge on any atom is -0.328 e. The molecule has 0 spiro atoms. The molecule has 0 aromatic rings. The predicted octanol–water partition coefficient (Wildman–Crippen LogP) is 5.53. The fraction of sp³-hybridized carbons (Fsp3) is 1.00. The summed E-state index contributed by atoms with van der Waals surface area (Å²) in [7, 11) is 0. The van der Waals surface area contributed by atoms with Gasteiger partial charge in [-0.15, -0.1) is 0 Å². The molecule has 0 rings (SSSR count). The van der Waals surface area contributed by atoms with E-state index in [4.69, 9.17) is 14.2 Å². The standard InChI is InChI=1S/C18H38O3/c1-6-11-12-13-14-15-16-17(7-2)18(19-8-3,20-9-4)21-10-5/h17H,6-16H2,1-5H3. The van der Waals surface area contributed by atoms with Gasteiger partial charge >= 0.3 is 0 Å². The normalized spacial score (nSPS) is 13.6. The van der Waals surface area contributed by atoms with Crippen LogP contribution in [0, 0.1) is 5.92 Å². The molecule has 0 aliphatic carbocycles. The van der Waals surface area contributed by atoms with Crippen molar-refractivity contribution < 1.29 is 14.2 Å². The van der Waals surface area contributed by atoms with Crippen molar-refractivity contribution in [2.24, 2.45) is 5.92 Å². The third kappa shape index (κ3) is 8.18. The third-order valence-electron chi connectivity index (χ3n) is 3.94. The molecule has 128 valence electrons. The van der Waals surface area contributed by atoms with Gasteiger partial charge in [-0.1, -0.05) is 52.4 Å². The lowest BCUT2D eigenvalue weighted by atomic mass is 9.95. The lowest BCUT2D eigenvalue weighted by Gasteiger charge is -2.38. The van der Waals surface area contributed by atoms with Gasteiger partial charge < -0.3 is 14.2 Å². The monoisotopic (exact) mass is 302 g/mol. The molecule has 0 aromatic carbocycles. The highest BCUT2D eigenvalue weighted by Crippen LogP contribution is 2.32. The van der Waals surface area contributed by atoms with Crippen molar-refractivity contribution in [3.8, 4) is 0 Å². The van der Waals surface area contributed by atoms with Crippen molar-refractivity contribution in [3.05, 3.63) is 0 Å². The minimum absolute atomic E-state index is 0.309. The molecule has 3 nitrogen and oxygen atoms in total. The summed E-state index contributed by atoms with van der Waals surface area (Å²) in [6.45, 7) is 12.3. The molecule has 0 radical (unpaired) electrons. The van der Waals surface area contributed by atoms with E-state index in [1.807, 2.05) is 20.8 Å². The molecule has 1 atom stereocenters. The molecule has 0 saturated carbocycles. The summed E-state index contributed by atoms with van der Waals surface area (Å²) in [5.41, 5.74) is 0. The van der Waals surface area contributed by atoms with E-state index in [9.17, 15) is 0 Å². The van der Waals surface area contributed by atoms with Crippen LogP contribution in [-0.4, -0.2) is 25.8 Å². The van der Waals surface area contributed by atoms with Crippen LogP contribution in [0.2, 0.25) is 0 Å². The maximum Gasteiger partial charge on any atom is 0.285 e. The van der Waals surface area contributed by atoms with E-state index in [1.54, 1.807) is 0 Å². The van der Waals surface area contributed by atoms with Gasteiger partial charge in [0.05, 0.1) is 0 Å². The second-order valence-electron chi connectivity index (χ2n) is 5.56. The van der Waals surface area contributed by atoms with E-state index in [-0.39, 0.29) is 0 Å².